The minimum absolute atomic E-state index is 0.174. The lowest BCUT2D eigenvalue weighted by atomic mass is 9.75. The van der Waals surface area contributed by atoms with Gasteiger partial charge in [-0.25, -0.2) is 19.7 Å². The number of nitrogens with zero attached hydrogens (tertiary/aromatic N) is 6. The van der Waals surface area contributed by atoms with Gasteiger partial charge >= 0.3 is 6.03 Å². The summed E-state index contributed by atoms with van der Waals surface area (Å²) < 4.78 is 12.0. The fraction of sp³-hybridized carbons (Fsp3) is 0.333. The molecule has 2 unspecified atom stereocenters. The first kappa shape index (κ1) is 28.0. The summed E-state index contributed by atoms with van der Waals surface area (Å²) in [6.07, 6.45) is 8.61. The summed E-state index contributed by atoms with van der Waals surface area (Å²) in [4.78, 5) is 62.9. The standard InChI is InChI=1S/C30H29N9O4S/c1-17-24(44(2)43)11-19(14-32-17)25(40)34-15-20-12-23-18(13-33-20)3-4-21(35-23)22-5-9-31-27(36-22)39-10-8-30(29(16-39)6-7-29)26(41)37-28(42)38-30/h3-5,9,11-14H,6-8,10,15-16H2,1-2H3,(H,34,40)(H2,37,38,41,42). The Kier molecular flexibility index (Phi) is 6.61. The van der Waals surface area contributed by atoms with Crippen molar-refractivity contribution in [3.63, 3.8) is 0 Å². The van der Waals surface area contributed by atoms with Crippen molar-refractivity contribution in [1.82, 2.24) is 40.9 Å². The van der Waals surface area contributed by atoms with E-state index >= 15 is 0 Å². The monoisotopic (exact) mass is 611 g/mol. The molecule has 2 atom stereocenters. The van der Waals surface area contributed by atoms with Gasteiger partial charge < -0.3 is 15.5 Å². The fourth-order valence-electron chi connectivity index (χ4n) is 6.24. The second-order valence-electron chi connectivity index (χ2n) is 11.5. The highest BCUT2D eigenvalue weighted by atomic mass is 32.2. The SMILES string of the molecule is Cc1ncc(C(=O)NCc2cc3nc(-c4ccnc(N5CCC6(NC(=O)NC6=O)C6(CC6)C5)n4)ccc3cn2)cc1S(C)=O. The average Bonchev–Trinajstić information content (AvgIpc) is 3.74. The van der Waals surface area contributed by atoms with Gasteiger partial charge in [0.1, 0.15) is 5.54 Å². The van der Waals surface area contributed by atoms with Crippen LogP contribution < -0.4 is 20.9 Å². The van der Waals surface area contributed by atoms with Crippen LogP contribution in [0.1, 0.15) is 41.0 Å². The second-order valence-corrected chi connectivity index (χ2v) is 12.9. The summed E-state index contributed by atoms with van der Waals surface area (Å²) in [7, 11) is -1.25. The van der Waals surface area contributed by atoms with Crippen molar-refractivity contribution in [3.05, 3.63) is 65.9 Å². The van der Waals surface area contributed by atoms with Gasteiger partial charge in [-0.3, -0.25) is 29.1 Å². The number of carbonyl (C=O) groups is 3. The predicted molar refractivity (Wildman–Crippen MR) is 161 cm³/mol. The quantitative estimate of drug-likeness (QED) is 0.274. The summed E-state index contributed by atoms with van der Waals surface area (Å²) in [6, 6.07) is 8.59. The lowest BCUT2D eigenvalue weighted by molar-refractivity contribution is -0.127. The Morgan fingerprint density at radius 3 is 2.61 bits per heavy atom. The van der Waals surface area contributed by atoms with E-state index in [1.54, 1.807) is 37.7 Å². The number of aromatic nitrogens is 5. The number of rotatable bonds is 6. The van der Waals surface area contributed by atoms with Gasteiger partial charge in [0.15, 0.2) is 0 Å². The van der Waals surface area contributed by atoms with Gasteiger partial charge in [-0.15, -0.1) is 0 Å². The largest absolute Gasteiger partial charge is 0.346 e. The number of piperidine rings is 1. The number of carbonyl (C=O) groups excluding carboxylic acids is 3. The summed E-state index contributed by atoms with van der Waals surface area (Å²) in [5.74, 6) is -0.0264. The van der Waals surface area contributed by atoms with Crippen LogP contribution in [-0.4, -0.2) is 71.9 Å². The van der Waals surface area contributed by atoms with Gasteiger partial charge in [0.25, 0.3) is 11.8 Å². The number of hydrogen-bond donors (Lipinski definition) is 3. The zero-order valence-corrected chi connectivity index (χ0v) is 24.9. The van der Waals surface area contributed by atoms with Crippen molar-refractivity contribution in [2.24, 2.45) is 5.41 Å². The summed E-state index contributed by atoms with van der Waals surface area (Å²) in [6.45, 7) is 3.03. The van der Waals surface area contributed by atoms with Crippen LogP contribution in [0.15, 0.2) is 53.8 Å². The molecule has 4 aromatic heterocycles. The lowest BCUT2D eigenvalue weighted by Gasteiger charge is -2.44. The van der Waals surface area contributed by atoms with Gasteiger partial charge in [-0.1, -0.05) is 0 Å². The molecule has 0 radical (unpaired) electrons. The number of imide groups is 1. The first-order valence-corrected chi connectivity index (χ1v) is 15.8. The second kappa shape index (κ2) is 10.4. The molecule has 2 aliphatic heterocycles. The molecule has 4 amide bonds. The minimum atomic E-state index is -1.25. The number of amides is 4. The molecule has 3 fully saturated rings. The number of fused-ring (bicyclic) bond motifs is 2. The molecule has 13 nitrogen and oxygen atoms in total. The molecule has 44 heavy (non-hydrogen) atoms. The topological polar surface area (TPSA) is 172 Å². The smallest absolute Gasteiger partial charge is 0.322 e. The maximum absolute atomic E-state index is 12.8. The van der Waals surface area contributed by atoms with Gasteiger partial charge in [0, 0.05) is 48.7 Å². The summed E-state index contributed by atoms with van der Waals surface area (Å²) in [5, 5.41) is 9.02. The molecule has 2 spiro atoms. The van der Waals surface area contributed by atoms with E-state index in [2.05, 4.69) is 35.8 Å². The molecule has 0 bridgehead atoms. The molecule has 4 aromatic rings. The normalized spacial score (nSPS) is 20.9. The Balaban J connectivity index is 1.08. The molecule has 14 heteroatoms. The molecule has 1 aliphatic carbocycles. The van der Waals surface area contributed by atoms with Crippen LogP contribution in [0, 0.1) is 12.3 Å². The molecule has 1 saturated carbocycles. The van der Waals surface area contributed by atoms with E-state index in [1.807, 2.05) is 18.2 Å². The highest BCUT2D eigenvalue weighted by Crippen LogP contribution is 2.58. The zero-order valence-electron chi connectivity index (χ0n) is 24.1. The van der Waals surface area contributed by atoms with Crippen LogP contribution in [0.25, 0.3) is 22.3 Å². The van der Waals surface area contributed by atoms with Crippen LogP contribution in [-0.2, 0) is 22.1 Å². The van der Waals surface area contributed by atoms with Crippen molar-refractivity contribution in [2.75, 3.05) is 24.2 Å². The molecule has 224 valence electrons. The highest BCUT2D eigenvalue weighted by Gasteiger charge is 2.68. The molecule has 3 aliphatic rings. The van der Waals surface area contributed by atoms with Gasteiger partial charge in [-0.05, 0) is 56.5 Å². The Morgan fingerprint density at radius 1 is 1.05 bits per heavy atom. The highest BCUT2D eigenvalue weighted by molar-refractivity contribution is 7.84. The first-order valence-electron chi connectivity index (χ1n) is 14.2. The van der Waals surface area contributed by atoms with E-state index in [-0.39, 0.29) is 23.8 Å². The molecule has 6 heterocycles. The molecular formula is C30H29N9O4S. The number of nitrogens with one attached hydrogen (secondary N) is 3. The maximum atomic E-state index is 12.8. The number of urea groups is 1. The summed E-state index contributed by atoms with van der Waals surface area (Å²) in [5.41, 5.74) is 2.39. The molecule has 0 aromatic carbocycles. The van der Waals surface area contributed by atoms with E-state index in [0.29, 0.717) is 64.2 Å². The van der Waals surface area contributed by atoms with Crippen LogP contribution in [0.3, 0.4) is 0 Å². The average molecular weight is 612 g/mol. The van der Waals surface area contributed by atoms with E-state index in [4.69, 9.17) is 9.97 Å². The molecular weight excluding hydrogens is 582 g/mol. The van der Waals surface area contributed by atoms with Crippen LogP contribution in [0.2, 0.25) is 0 Å². The first-order chi connectivity index (χ1) is 21.2. The Hall–Kier alpha value is -4.85. The fourth-order valence-corrected chi connectivity index (χ4v) is 7.00. The Bertz CT molecular complexity index is 1900. The van der Waals surface area contributed by atoms with Crippen molar-refractivity contribution in [2.45, 2.75) is 43.2 Å². The number of hydrogen-bond acceptors (Lipinski definition) is 10. The predicted octanol–water partition coefficient (Wildman–Crippen LogP) is 2.03. The third-order valence-electron chi connectivity index (χ3n) is 8.81. The third-order valence-corrected chi connectivity index (χ3v) is 9.84. The van der Waals surface area contributed by atoms with Crippen molar-refractivity contribution in [3.8, 4) is 11.4 Å². The van der Waals surface area contributed by atoms with Crippen molar-refractivity contribution < 1.29 is 18.6 Å². The van der Waals surface area contributed by atoms with Crippen molar-refractivity contribution in [1.29, 1.82) is 0 Å². The van der Waals surface area contributed by atoms with Gasteiger partial charge in [0.05, 0.1) is 56.1 Å². The van der Waals surface area contributed by atoms with E-state index in [0.717, 1.165) is 18.2 Å². The van der Waals surface area contributed by atoms with Crippen molar-refractivity contribution >= 4 is 45.5 Å². The van der Waals surface area contributed by atoms with Gasteiger partial charge in [-0.2, -0.15) is 0 Å². The summed E-state index contributed by atoms with van der Waals surface area (Å²) >= 11 is 0. The lowest BCUT2D eigenvalue weighted by Crippen LogP contribution is -2.63. The molecule has 7 rings (SSSR count). The number of pyridine rings is 3. The number of anilines is 1. The van der Waals surface area contributed by atoms with Gasteiger partial charge in [0.2, 0.25) is 5.95 Å². The Morgan fingerprint density at radius 2 is 1.86 bits per heavy atom. The van der Waals surface area contributed by atoms with Crippen LogP contribution in [0.4, 0.5) is 10.7 Å². The van der Waals surface area contributed by atoms with E-state index < -0.39 is 22.4 Å². The Labute approximate surface area is 254 Å². The molecule has 2 saturated heterocycles. The minimum Gasteiger partial charge on any atom is -0.346 e. The maximum Gasteiger partial charge on any atom is 0.322 e. The van der Waals surface area contributed by atoms with Crippen LogP contribution >= 0.6 is 0 Å². The molecule has 3 N–H and O–H groups in total. The third kappa shape index (κ3) is 4.75. The van der Waals surface area contributed by atoms with Crippen LogP contribution in [0.5, 0.6) is 0 Å². The van der Waals surface area contributed by atoms with E-state index in [9.17, 15) is 18.6 Å². The van der Waals surface area contributed by atoms with E-state index in [1.165, 1.54) is 6.20 Å². The zero-order chi connectivity index (χ0) is 30.6. The number of aryl methyl sites for hydroxylation is 1.